The lowest BCUT2D eigenvalue weighted by atomic mass is 9.85. The Hall–Kier alpha value is -1.69. The Bertz CT molecular complexity index is 610. The minimum Gasteiger partial charge on any atom is -0.389 e. The summed E-state index contributed by atoms with van der Waals surface area (Å²) < 4.78 is 11.4. The number of nitrogens with one attached hydrogen (secondary N) is 1. The van der Waals surface area contributed by atoms with Gasteiger partial charge in [-0.1, -0.05) is 56.3 Å². The smallest absolute Gasteiger partial charge is 0.249 e. The van der Waals surface area contributed by atoms with Crippen molar-refractivity contribution in [1.29, 1.82) is 0 Å². The minimum absolute atomic E-state index is 0.160. The highest BCUT2D eigenvalue weighted by molar-refractivity contribution is 5.81. The van der Waals surface area contributed by atoms with Crippen LogP contribution in [0.3, 0.4) is 0 Å². The third-order valence-electron chi connectivity index (χ3n) is 4.44. The first-order valence-corrected chi connectivity index (χ1v) is 9.18. The quantitative estimate of drug-likeness (QED) is 0.733. The van der Waals surface area contributed by atoms with Gasteiger partial charge in [0.2, 0.25) is 5.91 Å². The number of hydrogen-bond acceptors (Lipinski definition) is 4. The van der Waals surface area contributed by atoms with Crippen molar-refractivity contribution in [3.8, 4) is 0 Å². The van der Waals surface area contributed by atoms with Crippen molar-refractivity contribution < 1.29 is 19.4 Å². The molecule has 1 aromatic carbocycles. The number of ether oxygens (including phenoxy) is 2. The molecule has 5 nitrogen and oxygen atoms in total. The van der Waals surface area contributed by atoms with Crippen molar-refractivity contribution in [3.63, 3.8) is 0 Å². The first-order chi connectivity index (χ1) is 12.2. The number of carbonyl (C=O) groups excluding carboxylic acids is 1. The van der Waals surface area contributed by atoms with E-state index in [1.165, 1.54) is 5.56 Å². The Morgan fingerprint density at radius 1 is 1.31 bits per heavy atom. The molecule has 1 aliphatic rings. The van der Waals surface area contributed by atoms with Crippen molar-refractivity contribution in [1.82, 2.24) is 5.32 Å². The summed E-state index contributed by atoms with van der Waals surface area (Å²) in [6.45, 7) is 8.38. The number of aliphatic hydroxyl groups excluding tert-OH is 1. The fraction of sp³-hybridized carbons (Fsp3) is 0.571. The molecule has 144 valence electrons. The number of benzene rings is 1. The number of aliphatic hydroxyl groups is 1. The molecule has 0 spiro atoms. The van der Waals surface area contributed by atoms with Crippen LogP contribution in [0.2, 0.25) is 0 Å². The molecule has 1 saturated heterocycles. The number of allylic oxidation sites excluding steroid dienone is 1. The SMILES string of the molecule is CC1(C)OCC(C)(C)[C@H](C(=O)NCCC(O)/C=C/Cc2ccccc2)O1. The molecular weight excluding hydrogens is 330 g/mol. The monoisotopic (exact) mass is 361 g/mol. The predicted molar refractivity (Wildman–Crippen MR) is 102 cm³/mol. The van der Waals surface area contributed by atoms with Crippen LogP contribution < -0.4 is 5.32 Å². The van der Waals surface area contributed by atoms with Gasteiger partial charge in [0.15, 0.2) is 5.79 Å². The first kappa shape index (κ1) is 20.6. The first-order valence-electron chi connectivity index (χ1n) is 9.18. The van der Waals surface area contributed by atoms with Gasteiger partial charge in [-0.05, 0) is 32.3 Å². The maximum Gasteiger partial charge on any atom is 0.249 e. The highest BCUT2D eigenvalue weighted by Gasteiger charge is 2.45. The van der Waals surface area contributed by atoms with Crippen LogP contribution in [-0.2, 0) is 20.7 Å². The van der Waals surface area contributed by atoms with Crippen LogP contribution in [0, 0.1) is 5.41 Å². The van der Waals surface area contributed by atoms with Gasteiger partial charge in [-0.3, -0.25) is 4.79 Å². The summed E-state index contributed by atoms with van der Waals surface area (Å²) in [6, 6.07) is 10.1. The standard InChI is InChI=1S/C21H31NO4/c1-20(2)15-25-21(3,4)26-18(20)19(24)22-14-13-17(23)12-8-11-16-9-6-5-7-10-16/h5-10,12,17-18,23H,11,13-15H2,1-4H3,(H,22,24)/b12-8+/t17?,18-/m0/s1. The highest BCUT2D eigenvalue weighted by atomic mass is 16.7. The lowest BCUT2D eigenvalue weighted by Crippen LogP contribution is -2.56. The molecule has 5 heteroatoms. The molecule has 2 rings (SSSR count). The molecule has 2 atom stereocenters. The maximum atomic E-state index is 12.5. The Morgan fingerprint density at radius 3 is 2.69 bits per heavy atom. The van der Waals surface area contributed by atoms with Gasteiger partial charge in [0.1, 0.15) is 6.10 Å². The van der Waals surface area contributed by atoms with Crippen LogP contribution >= 0.6 is 0 Å². The van der Waals surface area contributed by atoms with E-state index >= 15 is 0 Å². The third-order valence-corrected chi connectivity index (χ3v) is 4.44. The van der Waals surface area contributed by atoms with Gasteiger partial charge in [0.25, 0.3) is 0 Å². The van der Waals surface area contributed by atoms with E-state index in [0.717, 1.165) is 6.42 Å². The van der Waals surface area contributed by atoms with Crippen LogP contribution in [0.1, 0.15) is 39.7 Å². The second kappa shape index (κ2) is 8.80. The molecule has 1 heterocycles. The van der Waals surface area contributed by atoms with Crippen molar-refractivity contribution in [2.24, 2.45) is 5.41 Å². The van der Waals surface area contributed by atoms with Gasteiger partial charge in [-0.25, -0.2) is 0 Å². The van der Waals surface area contributed by atoms with E-state index in [4.69, 9.17) is 9.47 Å². The fourth-order valence-corrected chi connectivity index (χ4v) is 2.83. The summed E-state index contributed by atoms with van der Waals surface area (Å²) in [5, 5.41) is 12.9. The van der Waals surface area contributed by atoms with Crippen LogP contribution in [0.5, 0.6) is 0 Å². The van der Waals surface area contributed by atoms with Crippen molar-refractivity contribution >= 4 is 5.91 Å². The zero-order chi connectivity index (χ0) is 19.2. The van der Waals surface area contributed by atoms with Crippen molar-refractivity contribution in [2.75, 3.05) is 13.2 Å². The van der Waals surface area contributed by atoms with E-state index in [1.54, 1.807) is 6.08 Å². The molecule has 1 aromatic rings. The fourth-order valence-electron chi connectivity index (χ4n) is 2.83. The largest absolute Gasteiger partial charge is 0.389 e. The number of hydrogen-bond donors (Lipinski definition) is 2. The number of amides is 1. The number of carbonyl (C=O) groups is 1. The maximum absolute atomic E-state index is 12.5. The summed E-state index contributed by atoms with van der Waals surface area (Å²) in [6.07, 6.45) is 3.82. The zero-order valence-electron chi connectivity index (χ0n) is 16.2. The van der Waals surface area contributed by atoms with E-state index in [-0.39, 0.29) is 5.91 Å². The molecule has 1 amide bonds. The molecule has 1 fully saturated rings. The van der Waals surface area contributed by atoms with Gasteiger partial charge >= 0.3 is 0 Å². The van der Waals surface area contributed by atoms with Crippen molar-refractivity contribution in [3.05, 3.63) is 48.0 Å². The van der Waals surface area contributed by atoms with Crippen molar-refractivity contribution in [2.45, 2.75) is 58.5 Å². The molecule has 0 aromatic heterocycles. The molecule has 0 bridgehead atoms. The van der Waals surface area contributed by atoms with Gasteiger partial charge in [0, 0.05) is 12.0 Å². The van der Waals surface area contributed by atoms with Crippen LogP contribution in [0.15, 0.2) is 42.5 Å². The van der Waals surface area contributed by atoms with Gasteiger partial charge in [-0.2, -0.15) is 0 Å². The van der Waals surface area contributed by atoms with Crippen LogP contribution in [0.4, 0.5) is 0 Å². The summed E-state index contributed by atoms with van der Waals surface area (Å²) in [5.74, 6) is -0.927. The van der Waals surface area contributed by atoms with E-state index in [0.29, 0.717) is 19.6 Å². The van der Waals surface area contributed by atoms with Gasteiger partial charge < -0.3 is 19.9 Å². The minimum atomic E-state index is -0.767. The zero-order valence-corrected chi connectivity index (χ0v) is 16.2. The molecule has 2 N–H and O–H groups in total. The highest BCUT2D eigenvalue weighted by Crippen LogP contribution is 2.34. The van der Waals surface area contributed by atoms with Gasteiger partial charge in [0.05, 0.1) is 12.7 Å². The predicted octanol–water partition coefficient (Wildman–Crippen LogP) is 2.83. The van der Waals surface area contributed by atoms with Crippen LogP contribution in [-0.4, -0.2) is 42.2 Å². The van der Waals surface area contributed by atoms with Gasteiger partial charge in [-0.15, -0.1) is 0 Å². The Balaban J connectivity index is 1.74. The van der Waals surface area contributed by atoms with Crippen LogP contribution in [0.25, 0.3) is 0 Å². The second-order valence-corrected chi connectivity index (χ2v) is 7.94. The number of rotatable bonds is 7. The average Bonchev–Trinajstić information content (AvgIpc) is 2.58. The second-order valence-electron chi connectivity index (χ2n) is 7.94. The summed E-state index contributed by atoms with van der Waals surface area (Å²) >= 11 is 0. The average molecular weight is 361 g/mol. The molecule has 1 unspecified atom stereocenters. The van der Waals surface area contributed by atoms with E-state index in [1.807, 2.05) is 64.1 Å². The molecule has 0 saturated carbocycles. The van der Waals surface area contributed by atoms with E-state index < -0.39 is 23.4 Å². The molecule has 0 radical (unpaired) electrons. The Morgan fingerprint density at radius 2 is 2.00 bits per heavy atom. The lowest BCUT2D eigenvalue weighted by Gasteiger charge is -2.44. The molecular formula is C21H31NO4. The molecule has 1 aliphatic heterocycles. The van der Waals surface area contributed by atoms with E-state index in [9.17, 15) is 9.90 Å². The lowest BCUT2D eigenvalue weighted by molar-refractivity contribution is -0.304. The Kier molecular flexibility index (Phi) is 6.98. The summed E-state index contributed by atoms with van der Waals surface area (Å²) in [5.41, 5.74) is 0.805. The topological polar surface area (TPSA) is 67.8 Å². The Labute approximate surface area is 156 Å². The molecule has 26 heavy (non-hydrogen) atoms. The molecule has 0 aliphatic carbocycles. The summed E-state index contributed by atoms with van der Waals surface area (Å²) in [7, 11) is 0. The summed E-state index contributed by atoms with van der Waals surface area (Å²) in [4.78, 5) is 12.5. The van der Waals surface area contributed by atoms with E-state index in [2.05, 4.69) is 5.32 Å². The third kappa shape index (κ3) is 6.24. The normalized spacial score (nSPS) is 22.9.